The van der Waals surface area contributed by atoms with Gasteiger partial charge >= 0.3 is 0 Å². The van der Waals surface area contributed by atoms with Crippen molar-refractivity contribution in [3.8, 4) is 0 Å². The van der Waals surface area contributed by atoms with Gasteiger partial charge in [-0.05, 0) is 45.4 Å². The lowest BCUT2D eigenvalue weighted by Gasteiger charge is -2.34. The molecule has 1 aliphatic heterocycles. The van der Waals surface area contributed by atoms with E-state index < -0.39 is 0 Å². The topological polar surface area (TPSA) is 74.2 Å². The van der Waals surface area contributed by atoms with E-state index in [2.05, 4.69) is 17.1 Å². The molecule has 1 saturated heterocycles. The smallest absolute Gasteiger partial charge is 0.226 e. The molecule has 0 aromatic carbocycles. The first-order chi connectivity index (χ1) is 8.66. The molecule has 0 amide bonds. The van der Waals surface area contributed by atoms with Crippen molar-refractivity contribution < 1.29 is 9.26 Å². The van der Waals surface area contributed by atoms with Crippen LogP contribution in [0.25, 0.3) is 0 Å². The number of hydrogen-bond donors (Lipinski definition) is 1. The Morgan fingerprint density at radius 3 is 2.74 bits per heavy atom. The molecule has 2 unspecified atom stereocenters. The predicted molar refractivity (Wildman–Crippen MR) is 73.2 cm³/mol. The summed E-state index contributed by atoms with van der Waals surface area (Å²) in [5.74, 6) is 1.38. The van der Waals surface area contributed by atoms with Crippen molar-refractivity contribution >= 4 is 12.4 Å². The normalized spacial score (nSPS) is 28.7. The first kappa shape index (κ1) is 14.8. The summed E-state index contributed by atoms with van der Waals surface area (Å²) >= 11 is 0. The maximum absolute atomic E-state index is 6.16. The van der Waals surface area contributed by atoms with Crippen LogP contribution in [0.1, 0.15) is 57.2 Å². The lowest BCUT2D eigenvalue weighted by Crippen LogP contribution is -2.44. The van der Waals surface area contributed by atoms with Crippen molar-refractivity contribution in [1.82, 2.24) is 10.1 Å². The first-order valence-corrected chi connectivity index (χ1v) is 6.93. The van der Waals surface area contributed by atoms with Crippen LogP contribution >= 0.6 is 12.4 Å². The van der Waals surface area contributed by atoms with E-state index in [1.54, 1.807) is 0 Å². The van der Waals surface area contributed by atoms with Gasteiger partial charge in [-0.1, -0.05) is 5.16 Å². The van der Waals surface area contributed by atoms with Crippen molar-refractivity contribution in [3.63, 3.8) is 0 Å². The summed E-state index contributed by atoms with van der Waals surface area (Å²) in [7, 11) is 0. The molecular formula is C13H22ClN3O2. The van der Waals surface area contributed by atoms with E-state index in [0.717, 1.165) is 44.9 Å². The van der Waals surface area contributed by atoms with Gasteiger partial charge in [-0.2, -0.15) is 4.98 Å². The summed E-state index contributed by atoms with van der Waals surface area (Å²) in [4.78, 5) is 4.43. The Balaban J connectivity index is 0.00000133. The highest BCUT2D eigenvalue weighted by Gasteiger charge is 2.39. The fourth-order valence-corrected chi connectivity index (χ4v) is 2.72. The van der Waals surface area contributed by atoms with E-state index in [1.807, 2.05) is 0 Å². The standard InChI is InChI=1S/C13H21N3O2.ClH/c1-9-3-4-10(17-9)5-6-11-15-12(16-18-11)13(14)7-2-8-13;/h9-10H,2-8,14H2,1H3;1H. The highest BCUT2D eigenvalue weighted by molar-refractivity contribution is 5.85. The number of ether oxygens (including phenoxy) is 1. The number of hydrogen-bond acceptors (Lipinski definition) is 5. The maximum atomic E-state index is 6.16. The molecule has 2 N–H and O–H groups in total. The van der Waals surface area contributed by atoms with Crippen molar-refractivity contribution in [1.29, 1.82) is 0 Å². The monoisotopic (exact) mass is 287 g/mol. The van der Waals surface area contributed by atoms with Crippen LogP contribution in [0.4, 0.5) is 0 Å². The van der Waals surface area contributed by atoms with Gasteiger partial charge in [-0.15, -0.1) is 12.4 Å². The number of aromatic nitrogens is 2. The predicted octanol–water partition coefficient (Wildman–Crippen LogP) is 2.33. The van der Waals surface area contributed by atoms with Gasteiger partial charge in [0.2, 0.25) is 5.89 Å². The fraction of sp³-hybridized carbons (Fsp3) is 0.846. The zero-order valence-corrected chi connectivity index (χ0v) is 12.1. The second-order valence-electron chi connectivity index (χ2n) is 5.71. The summed E-state index contributed by atoms with van der Waals surface area (Å²) in [5, 5.41) is 4.02. The summed E-state index contributed by atoms with van der Waals surface area (Å²) in [5.41, 5.74) is 5.84. The first-order valence-electron chi connectivity index (χ1n) is 6.93. The largest absolute Gasteiger partial charge is 0.375 e. The van der Waals surface area contributed by atoms with Crippen molar-refractivity contribution in [2.45, 2.75) is 69.6 Å². The highest BCUT2D eigenvalue weighted by atomic mass is 35.5. The van der Waals surface area contributed by atoms with Gasteiger partial charge in [0, 0.05) is 6.42 Å². The molecule has 1 aromatic rings. The van der Waals surface area contributed by atoms with Crippen LogP contribution in [-0.4, -0.2) is 22.3 Å². The Kier molecular flexibility index (Phi) is 4.48. The average Bonchev–Trinajstić information content (AvgIpc) is 2.92. The number of nitrogens with two attached hydrogens (primary N) is 1. The molecule has 2 heterocycles. The van der Waals surface area contributed by atoms with Gasteiger partial charge in [0.25, 0.3) is 0 Å². The van der Waals surface area contributed by atoms with Crippen LogP contribution in [0.2, 0.25) is 0 Å². The van der Waals surface area contributed by atoms with Gasteiger partial charge < -0.3 is 15.0 Å². The number of halogens is 1. The number of nitrogens with zero attached hydrogens (tertiary/aromatic N) is 2. The Morgan fingerprint density at radius 1 is 1.37 bits per heavy atom. The van der Waals surface area contributed by atoms with Crippen molar-refractivity contribution in [2.24, 2.45) is 5.73 Å². The summed E-state index contributed by atoms with van der Waals surface area (Å²) in [6.07, 6.45) is 7.90. The van der Waals surface area contributed by atoms with E-state index in [-0.39, 0.29) is 17.9 Å². The van der Waals surface area contributed by atoms with Gasteiger partial charge in [-0.25, -0.2) is 0 Å². The second kappa shape index (κ2) is 5.77. The van der Waals surface area contributed by atoms with E-state index in [0.29, 0.717) is 23.9 Å². The van der Waals surface area contributed by atoms with Gasteiger partial charge in [0.05, 0.1) is 17.7 Å². The third kappa shape index (κ3) is 3.09. The van der Waals surface area contributed by atoms with Crippen LogP contribution in [0.15, 0.2) is 4.52 Å². The molecule has 2 fully saturated rings. The maximum Gasteiger partial charge on any atom is 0.226 e. The fourth-order valence-electron chi connectivity index (χ4n) is 2.72. The number of aryl methyl sites for hydroxylation is 1. The van der Waals surface area contributed by atoms with Gasteiger partial charge in [-0.3, -0.25) is 0 Å². The lowest BCUT2D eigenvalue weighted by atomic mass is 9.77. The van der Waals surface area contributed by atoms with Crippen LogP contribution < -0.4 is 5.73 Å². The third-order valence-corrected chi connectivity index (χ3v) is 4.16. The molecule has 1 aromatic heterocycles. The molecule has 2 atom stereocenters. The van der Waals surface area contributed by atoms with Crippen LogP contribution in [0.3, 0.4) is 0 Å². The minimum absolute atomic E-state index is 0. The summed E-state index contributed by atoms with van der Waals surface area (Å²) in [6.45, 7) is 2.12. The average molecular weight is 288 g/mol. The Labute approximate surface area is 119 Å². The molecule has 0 bridgehead atoms. The van der Waals surface area contributed by atoms with Crippen molar-refractivity contribution in [2.75, 3.05) is 0 Å². The highest BCUT2D eigenvalue weighted by Crippen LogP contribution is 2.37. The van der Waals surface area contributed by atoms with E-state index >= 15 is 0 Å². The molecule has 5 nitrogen and oxygen atoms in total. The van der Waals surface area contributed by atoms with Gasteiger partial charge in [0.1, 0.15) is 0 Å². The minimum atomic E-state index is -0.319. The third-order valence-electron chi connectivity index (χ3n) is 4.16. The lowest BCUT2D eigenvalue weighted by molar-refractivity contribution is 0.0500. The van der Waals surface area contributed by atoms with Crippen molar-refractivity contribution in [3.05, 3.63) is 11.7 Å². The summed E-state index contributed by atoms with van der Waals surface area (Å²) in [6, 6.07) is 0. The molecule has 19 heavy (non-hydrogen) atoms. The van der Waals surface area contributed by atoms with E-state index in [1.165, 1.54) is 0 Å². The summed E-state index contributed by atoms with van der Waals surface area (Å²) < 4.78 is 11.1. The second-order valence-corrected chi connectivity index (χ2v) is 5.71. The molecule has 6 heteroatoms. The van der Waals surface area contributed by atoms with E-state index in [9.17, 15) is 0 Å². The Bertz CT molecular complexity index is 420. The molecule has 0 spiro atoms. The quantitative estimate of drug-likeness (QED) is 0.920. The van der Waals surface area contributed by atoms with E-state index in [4.69, 9.17) is 15.0 Å². The van der Waals surface area contributed by atoms with Crippen LogP contribution in [0.5, 0.6) is 0 Å². The zero-order chi connectivity index (χ0) is 12.6. The molecule has 1 aliphatic carbocycles. The van der Waals surface area contributed by atoms with Gasteiger partial charge in [0.15, 0.2) is 5.82 Å². The Morgan fingerprint density at radius 2 is 2.16 bits per heavy atom. The molecule has 0 radical (unpaired) electrons. The SMILES string of the molecule is CC1CCC(CCc2nc(C3(N)CCC3)no2)O1.Cl. The molecular weight excluding hydrogens is 266 g/mol. The minimum Gasteiger partial charge on any atom is -0.375 e. The molecule has 1 saturated carbocycles. The molecule has 2 aliphatic rings. The Hall–Kier alpha value is -0.650. The van der Waals surface area contributed by atoms with Crippen LogP contribution in [-0.2, 0) is 16.7 Å². The zero-order valence-electron chi connectivity index (χ0n) is 11.3. The molecule has 108 valence electrons. The number of rotatable bonds is 4. The van der Waals surface area contributed by atoms with Crippen LogP contribution in [0, 0.1) is 0 Å². The molecule has 3 rings (SSSR count).